The molecule has 0 bridgehead atoms. The van der Waals surface area contributed by atoms with E-state index in [1.54, 1.807) is 0 Å². The predicted molar refractivity (Wildman–Crippen MR) is 71.5 cm³/mol. The van der Waals surface area contributed by atoms with Gasteiger partial charge in [-0.15, -0.1) is 5.92 Å². The minimum Gasteiger partial charge on any atom is -0.292 e. The molecule has 1 nitrogen and oxygen atoms in total. The highest BCUT2D eigenvalue weighted by Crippen LogP contribution is 2.07. The molecule has 17 heavy (non-hydrogen) atoms. The Labute approximate surface area is 104 Å². The Hall–Kier alpha value is -1.70. The van der Waals surface area contributed by atoms with Crippen LogP contribution in [0.5, 0.6) is 0 Å². The maximum absolute atomic E-state index is 3.25. The molecule has 0 unspecified atom stereocenters. The second-order valence-electron chi connectivity index (χ2n) is 4.21. The van der Waals surface area contributed by atoms with Gasteiger partial charge in [0, 0.05) is 11.1 Å². The molecule has 1 aliphatic heterocycles. The first kappa shape index (κ1) is 11.8. The lowest BCUT2D eigenvalue weighted by atomic mass is 10.1. The van der Waals surface area contributed by atoms with Crippen molar-refractivity contribution in [1.82, 2.24) is 4.90 Å². The van der Waals surface area contributed by atoms with E-state index in [2.05, 4.69) is 28.6 Å². The zero-order valence-corrected chi connectivity index (χ0v) is 10.3. The molecule has 0 N–H and O–H groups in total. The highest BCUT2D eigenvalue weighted by Gasteiger charge is 2.08. The van der Waals surface area contributed by atoms with E-state index in [0.717, 1.165) is 17.7 Å². The van der Waals surface area contributed by atoms with Crippen molar-refractivity contribution in [3.63, 3.8) is 0 Å². The molecule has 1 fully saturated rings. The van der Waals surface area contributed by atoms with Crippen LogP contribution in [0.15, 0.2) is 24.3 Å². The van der Waals surface area contributed by atoms with Gasteiger partial charge in [-0.1, -0.05) is 29.9 Å². The predicted octanol–water partition coefficient (Wildman–Crippen LogP) is 2.51. The Morgan fingerprint density at radius 3 is 2.35 bits per heavy atom. The molecule has 0 saturated carbocycles. The summed E-state index contributed by atoms with van der Waals surface area (Å²) in [5.41, 5.74) is 2.07. The van der Waals surface area contributed by atoms with Gasteiger partial charge in [0.2, 0.25) is 0 Å². The number of likely N-dealkylation sites (tertiary alicyclic amines) is 1. The molecule has 1 aromatic carbocycles. The Bertz CT molecular complexity index is 487. The number of rotatable bonds is 1. The standard InChI is InChI=1S/C16H17N/c1-2-8-15-9-3-4-10-16(15)11-7-14-17-12-5-6-13-17/h3-4,9-10H,5-6,12-14H2,1H3. The molecule has 2 rings (SSSR count). The third kappa shape index (κ3) is 3.38. The van der Waals surface area contributed by atoms with Crippen LogP contribution in [0.25, 0.3) is 0 Å². The van der Waals surface area contributed by atoms with Gasteiger partial charge in [0.25, 0.3) is 0 Å². The smallest absolute Gasteiger partial charge is 0.0605 e. The molecule has 1 heteroatoms. The molecule has 0 radical (unpaired) electrons. The van der Waals surface area contributed by atoms with Crippen LogP contribution in [0.3, 0.4) is 0 Å². The fourth-order valence-corrected chi connectivity index (χ4v) is 2.02. The van der Waals surface area contributed by atoms with Crippen LogP contribution in [0.4, 0.5) is 0 Å². The van der Waals surface area contributed by atoms with Crippen LogP contribution in [0.2, 0.25) is 0 Å². The molecule has 0 aliphatic carbocycles. The summed E-state index contributed by atoms with van der Waals surface area (Å²) in [6, 6.07) is 8.08. The van der Waals surface area contributed by atoms with Crippen molar-refractivity contribution in [2.24, 2.45) is 0 Å². The zero-order valence-electron chi connectivity index (χ0n) is 10.3. The topological polar surface area (TPSA) is 3.24 Å². The van der Waals surface area contributed by atoms with Crippen molar-refractivity contribution in [1.29, 1.82) is 0 Å². The normalized spacial score (nSPS) is 14.6. The molecule has 1 heterocycles. The second kappa shape index (κ2) is 6.14. The molecule has 86 valence electrons. The summed E-state index contributed by atoms with van der Waals surface area (Å²) in [7, 11) is 0. The summed E-state index contributed by atoms with van der Waals surface area (Å²) in [6.07, 6.45) is 2.64. The van der Waals surface area contributed by atoms with Gasteiger partial charge in [0.05, 0.1) is 6.54 Å². The summed E-state index contributed by atoms with van der Waals surface area (Å²) in [5.74, 6) is 12.5. The SMILES string of the molecule is CC#Cc1ccccc1C#CCN1CCCC1. The van der Waals surface area contributed by atoms with Crippen molar-refractivity contribution in [2.75, 3.05) is 19.6 Å². The van der Waals surface area contributed by atoms with E-state index in [9.17, 15) is 0 Å². The molecule has 0 aromatic heterocycles. The van der Waals surface area contributed by atoms with Crippen LogP contribution in [-0.2, 0) is 0 Å². The van der Waals surface area contributed by atoms with E-state index in [0.29, 0.717) is 0 Å². The summed E-state index contributed by atoms with van der Waals surface area (Å²) in [5, 5.41) is 0. The first-order valence-corrected chi connectivity index (χ1v) is 6.13. The lowest BCUT2D eigenvalue weighted by molar-refractivity contribution is 0.383. The molecule has 1 aliphatic rings. The number of hydrogen-bond acceptors (Lipinski definition) is 1. The van der Waals surface area contributed by atoms with Crippen molar-refractivity contribution >= 4 is 0 Å². The average Bonchev–Trinajstić information content (AvgIpc) is 2.85. The first-order valence-electron chi connectivity index (χ1n) is 6.13. The zero-order chi connectivity index (χ0) is 11.9. The van der Waals surface area contributed by atoms with E-state index in [4.69, 9.17) is 0 Å². The molecular formula is C16H17N. The molecule has 1 aromatic rings. The van der Waals surface area contributed by atoms with Gasteiger partial charge < -0.3 is 0 Å². The molecular weight excluding hydrogens is 206 g/mol. The Morgan fingerprint density at radius 1 is 1.06 bits per heavy atom. The van der Waals surface area contributed by atoms with E-state index in [-0.39, 0.29) is 0 Å². The largest absolute Gasteiger partial charge is 0.292 e. The Balaban J connectivity index is 2.06. The Morgan fingerprint density at radius 2 is 1.71 bits per heavy atom. The van der Waals surface area contributed by atoms with Crippen molar-refractivity contribution < 1.29 is 0 Å². The van der Waals surface area contributed by atoms with Gasteiger partial charge in [0.15, 0.2) is 0 Å². The van der Waals surface area contributed by atoms with Crippen LogP contribution in [-0.4, -0.2) is 24.5 Å². The summed E-state index contributed by atoms with van der Waals surface area (Å²) in [6.45, 7) is 5.14. The lowest BCUT2D eigenvalue weighted by Crippen LogP contribution is -2.18. The van der Waals surface area contributed by atoms with E-state index >= 15 is 0 Å². The summed E-state index contributed by atoms with van der Waals surface area (Å²) >= 11 is 0. The van der Waals surface area contributed by atoms with Crippen molar-refractivity contribution in [2.45, 2.75) is 19.8 Å². The minimum absolute atomic E-state index is 0.883. The van der Waals surface area contributed by atoms with Gasteiger partial charge >= 0.3 is 0 Å². The van der Waals surface area contributed by atoms with E-state index in [1.807, 2.05) is 31.2 Å². The number of benzene rings is 1. The third-order valence-electron chi connectivity index (χ3n) is 2.91. The highest BCUT2D eigenvalue weighted by atomic mass is 15.1. The maximum Gasteiger partial charge on any atom is 0.0605 e. The van der Waals surface area contributed by atoms with Gasteiger partial charge in [-0.25, -0.2) is 0 Å². The van der Waals surface area contributed by atoms with Gasteiger partial charge in [-0.05, 0) is 45.0 Å². The highest BCUT2D eigenvalue weighted by molar-refractivity contribution is 5.49. The third-order valence-corrected chi connectivity index (χ3v) is 2.91. The lowest BCUT2D eigenvalue weighted by Gasteiger charge is -2.08. The monoisotopic (exact) mass is 223 g/mol. The quantitative estimate of drug-likeness (QED) is 0.661. The van der Waals surface area contributed by atoms with Crippen LogP contribution in [0.1, 0.15) is 30.9 Å². The van der Waals surface area contributed by atoms with Gasteiger partial charge in [-0.2, -0.15) is 0 Å². The number of hydrogen-bond donors (Lipinski definition) is 0. The first-order chi connectivity index (χ1) is 8.40. The maximum atomic E-state index is 3.25. The van der Waals surface area contributed by atoms with Gasteiger partial charge in [-0.3, -0.25) is 4.90 Å². The van der Waals surface area contributed by atoms with Crippen LogP contribution in [0, 0.1) is 23.7 Å². The fraction of sp³-hybridized carbons (Fsp3) is 0.375. The summed E-state index contributed by atoms with van der Waals surface area (Å²) in [4.78, 5) is 2.40. The number of nitrogens with zero attached hydrogens (tertiary/aromatic N) is 1. The van der Waals surface area contributed by atoms with Crippen molar-refractivity contribution in [3.05, 3.63) is 35.4 Å². The van der Waals surface area contributed by atoms with E-state index in [1.165, 1.54) is 25.9 Å². The van der Waals surface area contributed by atoms with E-state index < -0.39 is 0 Å². The van der Waals surface area contributed by atoms with Crippen LogP contribution < -0.4 is 0 Å². The minimum atomic E-state index is 0.883. The molecule has 1 saturated heterocycles. The Kier molecular flexibility index (Phi) is 4.25. The summed E-state index contributed by atoms with van der Waals surface area (Å²) < 4.78 is 0. The van der Waals surface area contributed by atoms with Crippen molar-refractivity contribution in [3.8, 4) is 23.7 Å². The molecule has 0 spiro atoms. The molecule has 0 amide bonds. The molecule has 0 atom stereocenters. The van der Waals surface area contributed by atoms with Crippen LogP contribution >= 0.6 is 0 Å². The fourth-order valence-electron chi connectivity index (χ4n) is 2.02. The van der Waals surface area contributed by atoms with Gasteiger partial charge in [0.1, 0.15) is 0 Å². The second-order valence-corrected chi connectivity index (χ2v) is 4.21. The average molecular weight is 223 g/mol.